The molecule has 6 nitrogen and oxygen atoms in total. The molecule has 1 N–H and O–H groups in total. The van der Waals surface area contributed by atoms with E-state index in [2.05, 4.69) is 5.32 Å². The average Bonchev–Trinajstić information content (AvgIpc) is 2.49. The summed E-state index contributed by atoms with van der Waals surface area (Å²) in [4.78, 5) is 25.4. The summed E-state index contributed by atoms with van der Waals surface area (Å²) in [5, 5.41) is 2.85. The van der Waals surface area contributed by atoms with Gasteiger partial charge in [0.15, 0.2) is 11.5 Å². The molecule has 0 bridgehead atoms. The van der Waals surface area contributed by atoms with Gasteiger partial charge in [0.25, 0.3) is 0 Å². The van der Waals surface area contributed by atoms with Crippen molar-refractivity contribution in [2.75, 3.05) is 31.2 Å². The summed E-state index contributed by atoms with van der Waals surface area (Å²) < 4.78 is 11.0. The average molecular weight is 320 g/mol. The summed E-state index contributed by atoms with van der Waals surface area (Å²) in [5.74, 6) is 1.19. The SMILES string of the molecule is CC(=O)N(CCNC(=O)C(C)(C)C)c1ccc2c(c1)OCCO2. The van der Waals surface area contributed by atoms with E-state index in [4.69, 9.17) is 9.47 Å². The van der Waals surface area contributed by atoms with Crippen molar-refractivity contribution >= 4 is 17.5 Å². The topological polar surface area (TPSA) is 67.9 Å². The molecule has 0 aromatic heterocycles. The molecule has 6 heteroatoms. The molecule has 1 aliphatic rings. The lowest BCUT2D eigenvalue weighted by Crippen LogP contribution is -2.41. The molecule has 0 spiro atoms. The van der Waals surface area contributed by atoms with Gasteiger partial charge >= 0.3 is 0 Å². The van der Waals surface area contributed by atoms with Gasteiger partial charge < -0.3 is 19.7 Å². The lowest BCUT2D eigenvalue weighted by Gasteiger charge is -2.25. The number of hydrogen-bond donors (Lipinski definition) is 1. The number of benzene rings is 1. The highest BCUT2D eigenvalue weighted by molar-refractivity contribution is 5.92. The summed E-state index contributed by atoms with van der Waals surface area (Å²) in [5.41, 5.74) is 0.282. The molecule has 2 amide bonds. The molecule has 126 valence electrons. The molecule has 0 unspecified atom stereocenters. The Morgan fingerprint density at radius 2 is 1.83 bits per heavy atom. The van der Waals surface area contributed by atoms with Gasteiger partial charge in [-0.2, -0.15) is 0 Å². The van der Waals surface area contributed by atoms with Gasteiger partial charge in [0.1, 0.15) is 13.2 Å². The van der Waals surface area contributed by atoms with E-state index in [1.807, 2.05) is 26.8 Å². The van der Waals surface area contributed by atoms with Crippen LogP contribution in [0, 0.1) is 5.41 Å². The first-order chi connectivity index (χ1) is 10.8. The molecule has 1 aromatic rings. The van der Waals surface area contributed by atoms with Gasteiger partial charge in [-0.25, -0.2) is 0 Å². The molecular formula is C17H24N2O4. The maximum atomic E-state index is 11.9. The summed E-state index contributed by atoms with van der Waals surface area (Å²) in [6, 6.07) is 5.41. The summed E-state index contributed by atoms with van der Waals surface area (Å²) in [7, 11) is 0. The van der Waals surface area contributed by atoms with Crippen LogP contribution in [-0.2, 0) is 9.59 Å². The van der Waals surface area contributed by atoms with Gasteiger partial charge in [-0.3, -0.25) is 9.59 Å². The van der Waals surface area contributed by atoms with Crippen LogP contribution in [0.5, 0.6) is 11.5 Å². The second-order valence-electron chi connectivity index (χ2n) is 6.50. The van der Waals surface area contributed by atoms with Crippen LogP contribution in [0.25, 0.3) is 0 Å². The minimum Gasteiger partial charge on any atom is -0.486 e. The largest absolute Gasteiger partial charge is 0.486 e. The maximum Gasteiger partial charge on any atom is 0.225 e. The minimum absolute atomic E-state index is 0.0387. The van der Waals surface area contributed by atoms with E-state index in [-0.39, 0.29) is 11.8 Å². The number of anilines is 1. The Kier molecular flexibility index (Phi) is 5.13. The van der Waals surface area contributed by atoms with Crippen LogP contribution in [0.2, 0.25) is 0 Å². The summed E-state index contributed by atoms with van der Waals surface area (Å²) in [6.07, 6.45) is 0. The smallest absolute Gasteiger partial charge is 0.225 e. The van der Waals surface area contributed by atoms with E-state index in [0.717, 1.165) is 5.69 Å². The third kappa shape index (κ3) is 4.37. The van der Waals surface area contributed by atoms with Crippen LogP contribution in [-0.4, -0.2) is 38.1 Å². The van der Waals surface area contributed by atoms with Crippen molar-refractivity contribution in [3.8, 4) is 11.5 Å². The fraction of sp³-hybridized carbons (Fsp3) is 0.529. The lowest BCUT2D eigenvalue weighted by molar-refractivity contribution is -0.128. The molecule has 0 atom stereocenters. The highest BCUT2D eigenvalue weighted by Crippen LogP contribution is 2.33. The quantitative estimate of drug-likeness (QED) is 0.921. The van der Waals surface area contributed by atoms with Crippen molar-refractivity contribution < 1.29 is 19.1 Å². The van der Waals surface area contributed by atoms with Gasteiger partial charge in [-0.15, -0.1) is 0 Å². The maximum absolute atomic E-state index is 11.9. The van der Waals surface area contributed by atoms with Gasteiger partial charge in [0.2, 0.25) is 11.8 Å². The first-order valence-electron chi connectivity index (χ1n) is 7.75. The third-order valence-electron chi connectivity index (χ3n) is 3.52. The van der Waals surface area contributed by atoms with Crippen LogP contribution in [0.4, 0.5) is 5.69 Å². The molecule has 0 saturated carbocycles. The van der Waals surface area contributed by atoms with Crippen LogP contribution in [0.3, 0.4) is 0 Å². The van der Waals surface area contributed by atoms with Crippen molar-refractivity contribution in [3.63, 3.8) is 0 Å². The number of hydrogen-bond acceptors (Lipinski definition) is 4. The fourth-order valence-electron chi connectivity index (χ4n) is 2.21. The molecule has 0 radical (unpaired) electrons. The van der Waals surface area contributed by atoms with Crippen LogP contribution >= 0.6 is 0 Å². The number of carbonyl (C=O) groups is 2. The molecule has 0 saturated heterocycles. The first-order valence-corrected chi connectivity index (χ1v) is 7.75. The lowest BCUT2D eigenvalue weighted by atomic mass is 9.96. The zero-order valence-electron chi connectivity index (χ0n) is 14.1. The molecule has 1 aliphatic heterocycles. The second-order valence-corrected chi connectivity index (χ2v) is 6.50. The van der Waals surface area contributed by atoms with E-state index >= 15 is 0 Å². The second kappa shape index (κ2) is 6.89. The Balaban J connectivity index is 2.04. The number of amides is 2. The molecule has 23 heavy (non-hydrogen) atoms. The Morgan fingerprint density at radius 3 is 2.43 bits per heavy atom. The van der Waals surface area contributed by atoms with E-state index in [1.54, 1.807) is 17.0 Å². The summed E-state index contributed by atoms with van der Waals surface area (Å²) >= 11 is 0. The zero-order chi connectivity index (χ0) is 17.0. The number of ether oxygens (including phenoxy) is 2. The Bertz CT molecular complexity index is 593. The molecule has 2 rings (SSSR count). The standard InChI is InChI=1S/C17H24N2O4/c1-12(20)19(8-7-18-16(21)17(2,3)4)13-5-6-14-15(11-13)23-10-9-22-14/h5-6,11H,7-10H2,1-4H3,(H,18,21). The monoisotopic (exact) mass is 320 g/mol. The van der Waals surface area contributed by atoms with E-state index in [1.165, 1.54) is 6.92 Å². The number of nitrogens with zero attached hydrogens (tertiary/aromatic N) is 1. The highest BCUT2D eigenvalue weighted by Gasteiger charge is 2.21. The van der Waals surface area contributed by atoms with E-state index in [9.17, 15) is 9.59 Å². The van der Waals surface area contributed by atoms with Crippen LogP contribution < -0.4 is 19.7 Å². The summed E-state index contributed by atoms with van der Waals surface area (Å²) in [6.45, 7) is 8.88. The molecule has 1 heterocycles. The normalized spacial score (nSPS) is 13.4. The predicted molar refractivity (Wildman–Crippen MR) is 87.9 cm³/mol. The van der Waals surface area contributed by atoms with E-state index in [0.29, 0.717) is 37.8 Å². The number of carbonyl (C=O) groups excluding carboxylic acids is 2. The highest BCUT2D eigenvalue weighted by atomic mass is 16.6. The predicted octanol–water partition coefficient (Wildman–Crippen LogP) is 1.97. The van der Waals surface area contributed by atoms with Crippen molar-refractivity contribution in [2.24, 2.45) is 5.41 Å². The van der Waals surface area contributed by atoms with Gasteiger partial charge in [0, 0.05) is 37.2 Å². The van der Waals surface area contributed by atoms with Crippen LogP contribution in [0.15, 0.2) is 18.2 Å². The molecule has 0 fully saturated rings. The van der Waals surface area contributed by atoms with Gasteiger partial charge in [0.05, 0.1) is 0 Å². The Morgan fingerprint density at radius 1 is 1.17 bits per heavy atom. The number of rotatable bonds is 4. The Hall–Kier alpha value is -2.24. The van der Waals surface area contributed by atoms with Crippen molar-refractivity contribution in [2.45, 2.75) is 27.7 Å². The number of nitrogens with one attached hydrogen (secondary N) is 1. The van der Waals surface area contributed by atoms with E-state index < -0.39 is 5.41 Å². The number of fused-ring (bicyclic) bond motifs is 1. The zero-order valence-corrected chi connectivity index (χ0v) is 14.1. The van der Waals surface area contributed by atoms with Crippen molar-refractivity contribution in [1.82, 2.24) is 5.32 Å². The molecule has 1 aromatic carbocycles. The molecular weight excluding hydrogens is 296 g/mol. The van der Waals surface area contributed by atoms with Crippen molar-refractivity contribution in [3.05, 3.63) is 18.2 Å². The van der Waals surface area contributed by atoms with Gasteiger partial charge in [-0.1, -0.05) is 20.8 Å². The van der Waals surface area contributed by atoms with Crippen molar-refractivity contribution in [1.29, 1.82) is 0 Å². The van der Waals surface area contributed by atoms with Crippen LogP contribution in [0.1, 0.15) is 27.7 Å². The first kappa shape index (κ1) is 17.1. The Labute approximate surface area is 136 Å². The van der Waals surface area contributed by atoms with Gasteiger partial charge in [-0.05, 0) is 12.1 Å². The molecule has 0 aliphatic carbocycles. The third-order valence-corrected chi connectivity index (χ3v) is 3.52. The fourth-order valence-corrected chi connectivity index (χ4v) is 2.21. The minimum atomic E-state index is -0.446.